The first-order valence-corrected chi connectivity index (χ1v) is 17.3. The number of hydrogen-bond donors (Lipinski definition) is 0. The van der Waals surface area contributed by atoms with Crippen LogP contribution in [0, 0.1) is 13.8 Å². The summed E-state index contributed by atoms with van der Waals surface area (Å²) in [5.74, 6) is 1.42. The molecular formula is C44H38N6O4. The largest absolute Gasteiger partial charge is 0.465 e. The number of benzene rings is 2. The van der Waals surface area contributed by atoms with Crippen molar-refractivity contribution in [2.75, 3.05) is 27.8 Å². The molecule has 6 aromatic heterocycles. The lowest BCUT2D eigenvalue weighted by atomic mass is 9.94. The van der Waals surface area contributed by atoms with Crippen LogP contribution in [0.5, 0.6) is 11.5 Å². The summed E-state index contributed by atoms with van der Waals surface area (Å²) < 4.78 is 22.3. The Morgan fingerprint density at radius 3 is 1.04 bits per heavy atom. The second-order valence-corrected chi connectivity index (χ2v) is 12.3. The second-order valence-electron chi connectivity index (χ2n) is 12.3. The minimum atomic E-state index is 0.150. The van der Waals surface area contributed by atoms with Gasteiger partial charge in [0.25, 0.3) is 0 Å². The first-order chi connectivity index (χ1) is 26.6. The molecule has 0 amide bonds. The molecule has 10 nitrogen and oxygen atoms in total. The summed E-state index contributed by atoms with van der Waals surface area (Å²) in [4.78, 5) is 26.1. The molecule has 8 rings (SSSR count). The van der Waals surface area contributed by atoms with E-state index < -0.39 is 0 Å². The lowest BCUT2D eigenvalue weighted by molar-refractivity contribution is 0.0523. The van der Waals surface area contributed by atoms with Crippen molar-refractivity contribution in [2.24, 2.45) is 0 Å². The Hall–Kier alpha value is -6.62. The Labute approximate surface area is 313 Å². The number of fused-ring (bicyclic) bond motifs is 2. The molecule has 268 valence electrons. The first kappa shape index (κ1) is 35.8. The van der Waals surface area contributed by atoms with E-state index in [1.807, 2.05) is 74.5 Å². The maximum Gasteiger partial charge on any atom is 0.188 e. The maximum absolute atomic E-state index is 5.98. The van der Waals surface area contributed by atoms with Gasteiger partial charge in [-0.2, -0.15) is 0 Å². The van der Waals surface area contributed by atoms with Gasteiger partial charge in [-0.25, -0.2) is 9.97 Å². The van der Waals surface area contributed by atoms with Crippen LogP contribution < -0.4 is 9.47 Å². The molecule has 8 aromatic rings. The van der Waals surface area contributed by atoms with Crippen LogP contribution in [0.15, 0.2) is 135 Å². The van der Waals surface area contributed by atoms with E-state index in [0.717, 1.165) is 77.7 Å². The summed E-state index contributed by atoms with van der Waals surface area (Å²) in [6.07, 6.45) is 14.3. The minimum Gasteiger partial charge on any atom is -0.465 e. The van der Waals surface area contributed by atoms with Crippen LogP contribution in [0.3, 0.4) is 0 Å². The Morgan fingerprint density at radius 1 is 0.407 bits per heavy atom. The second kappa shape index (κ2) is 16.8. The fourth-order valence-electron chi connectivity index (χ4n) is 6.29. The van der Waals surface area contributed by atoms with E-state index in [4.69, 9.17) is 28.9 Å². The third-order valence-corrected chi connectivity index (χ3v) is 8.75. The number of methoxy groups -OCH3 is 2. The van der Waals surface area contributed by atoms with Gasteiger partial charge in [0.1, 0.15) is 11.0 Å². The van der Waals surface area contributed by atoms with Gasteiger partial charge in [0.15, 0.2) is 25.1 Å². The first-order valence-electron chi connectivity index (χ1n) is 17.3. The van der Waals surface area contributed by atoms with Gasteiger partial charge in [-0.1, -0.05) is 12.1 Å². The van der Waals surface area contributed by atoms with Gasteiger partial charge in [0.2, 0.25) is 0 Å². The summed E-state index contributed by atoms with van der Waals surface area (Å²) in [6, 6.07) is 28.3. The number of nitrogens with zero attached hydrogens (tertiary/aromatic N) is 6. The highest BCUT2D eigenvalue weighted by molar-refractivity contribution is 6.04. The van der Waals surface area contributed by atoms with Crippen molar-refractivity contribution < 1.29 is 18.9 Å². The van der Waals surface area contributed by atoms with Crippen molar-refractivity contribution >= 4 is 21.8 Å². The summed E-state index contributed by atoms with van der Waals surface area (Å²) in [5.41, 5.74) is 11.7. The van der Waals surface area contributed by atoms with Crippen LogP contribution in [0.25, 0.3) is 66.3 Å². The van der Waals surface area contributed by atoms with Gasteiger partial charge in [-0.3, -0.25) is 19.9 Å². The Balaban J connectivity index is 0.000000167. The average Bonchev–Trinajstić information content (AvgIpc) is 3.23. The Kier molecular flexibility index (Phi) is 11.1. The molecular weight excluding hydrogens is 677 g/mol. The van der Waals surface area contributed by atoms with E-state index in [-0.39, 0.29) is 13.6 Å². The minimum absolute atomic E-state index is 0.150. The number of ether oxygens (including phenoxy) is 4. The predicted molar refractivity (Wildman–Crippen MR) is 211 cm³/mol. The molecule has 0 aliphatic heterocycles. The number of aryl methyl sites for hydroxylation is 2. The smallest absolute Gasteiger partial charge is 0.188 e. The number of aromatic nitrogens is 6. The molecule has 0 aliphatic rings. The molecule has 0 fully saturated rings. The third kappa shape index (κ3) is 7.75. The summed E-state index contributed by atoms with van der Waals surface area (Å²) in [7, 11) is 3.22. The van der Waals surface area contributed by atoms with Gasteiger partial charge in [0.05, 0.1) is 0 Å². The van der Waals surface area contributed by atoms with Crippen molar-refractivity contribution in [3.05, 3.63) is 146 Å². The maximum atomic E-state index is 5.98. The number of hydrogen-bond acceptors (Lipinski definition) is 10. The highest BCUT2D eigenvalue weighted by Crippen LogP contribution is 2.43. The van der Waals surface area contributed by atoms with Crippen LogP contribution in [0.1, 0.15) is 11.4 Å². The lowest BCUT2D eigenvalue weighted by Crippen LogP contribution is -2.03. The molecule has 0 bridgehead atoms. The molecule has 0 N–H and O–H groups in total. The summed E-state index contributed by atoms with van der Waals surface area (Å²) >= 11 is 0. The van der Waals surface area contributed by atoms with Gasteiger partial charge >= 0.3 is 0 Å². The normalized spacial score (nSPS) is 10.9. The van der Waals surface area contributed by atoms with Crippen LogP contribution in [0.2, 0.25) is 0 Å². The molecule has 0 spiro atoms. The van der Waals surface area contributed by atoms with Gasteiger partial charge in [-0.15, -0.1) is 0 Å². The highest BCUT2D eigenvalue weighted by Gasteiger charge is 2.19. The quantitative estimate of drug-likeness (QED) is 0.127. The SMILES string of the molecule is COCOc1c(-c2ccncc2)cc(-c2ccncc2)c2ccc(C)nc12.COCOc1c(-c2ccncc2)cc(-c2ccncc2)c2ccc(C)nc12. The van der Waals surface area contributed by atoms with Crippen LogP contribution in [-0.2, 0) is 9.47 Å². The van der Waals surface area contributed by atoms with Gasteiger partial charge in [-0.05, 0) is 120 Å². The number of rotatable bonds is 10. The Morgan fingerprint density at radius 2 is 0.722 bits per heavy atom. The predicted octanol–water partition coefficient (Wildman–Crippen LogP) is 9.30. The van der Waals surface area contributed by atoms with Gasteiger partial charge < -0.3 is 18.9 Å². The van der Waals surface area contributed by atoms with Crippen molar-refractivity contribution in [1.29, 1.82) is 0 Å². The third-order valence-electron chi connectivity index (χ3n) is 8.75. The number of pyridine rings is 6. The molecule has 6 heterocycles. The molecule has 54 heavy (non-hydrogen) atoms. The molecule has 0 radical (unpaired) electrons. The van der Waals surface area contributed by atoms with Gasteiger partial charge in [0, 0.05) is 97.1 Å². The standard InChI is InChI=1S/2C22H19N3O2/c2*1-15-3-4-18-19(16-5-9-23-10-6-16)13-20(17-7-11-24-12-8-17)22(21(18)25-15)27-14-26-2/h2*3-13H,14H2,1-2H3. The van der Waals surface area contributed by atoms with Crippen LogP contribution >= 0.6 is 0 Å². The molecule has 10 heteroatoms. The average molecular weight is 715 g/mol. The highest BCUT2D eigenvalue weighted by atomic mass is 16.7. The fraction of sp³-hybridized carbons (Fsp3) is 0.136. The molecule has 0 saturated heterocycles. The monoisotopic (exact) mass is 714 g/mol. The zero-order valence-electron chi connectivity index (χ0n) is 30.4. The van der Waals surface area contributed by atoms with E-state index in [1.54, 1.807) is 63.8 Å². The van der Waals surface area contributed by atoms with E-state index in [0.29, 0.717) is 11.5 Å². The molecule has 0 atom stereocenters. The van der Waals surface area contributed by atoms with Crippen molar-refractivity contribution in [3.63, 3.8) is 0 Å². The van der Waals surface area contributed by atoms with E-state index in [2.05, 4.69) is 44.2 Å². The molecule has 2 aromatic carbocycles. The van der Waals surface area contributed by atoms with Crippen molar-refractivity contribution in [2.45, 2.75) is 13.8 Å². The summed E-state index contributed by atoms with van der Waals surface area (Å²) in [5, 5.41) is 2.05. The Bertz CT molecular complexity index is 2310. The van der Waals surface area contributed by atoms with E-state index in [9.17, 15) is 0 Å². The van der Waals surface area contributed by atoms with Crippen molar-refractivity contribution in [1.82, 2.24) is 29.9 Å². The molecule has 0 saturated carbocycles. The fourth-order valence-corrected chi connectivity index (χ4v) is 6.29. The van der Waals surface area contributed by atoms with E-state index >= 15 is 0 Å². The molecule has 0 unspecified atom stereocenters. The van der Waals surface area contributed by atoms with Crippen LogP contribution in [0.4, 0.5) is 0 Å². The van der Waals surface area contributed by atoms with Crippen LogP contribution in [-0.4, -0.2) is 57.7 Å². The van der Waals surface area contributed by atoms with Crippen molar-refractivity contribution in [3.8, 4) is 56.0 Å². The zero-order chi connectivity index (χ0) is 37.3. The zero-order valence-corrected chi connectivity index (χ0v) is 30.4. The van der Waals surface area contributed by atoms with E-state index in [1.165, 1.54) is 0 Å². The molecule has 0 aliphatic carbocycles. The summed E-state index contributed by atoms with van der Waals surface area (Å²) in [6.45, 7) is 4.25. The lowest BCUT2D eigenvalue weighted by Gasteiger charge is -2.17. The topological polar surface area (TPSA) is 114 Å².